The van der Waals surface area contributed by atoms with Gasteiger partial charge in [0.05, 0.1) is 0 Å². The first-order valence-electron chi connectivity index (χ1n) is 7.98. The summed E-state index contributed by atoms with van der Waals surface area (Å²) >= 11 is 2.35. The number of nitrogens with zero attached hydrogens (tertiary/aromatic N) is 1. The molecule has 0 unspecified atom stereocenters. The number of pyridine rings is 1. The monoisotopic (exact) mass is 385 g/mol. The Labute approximate surface area is 146 Å². The van der Waals surface area contributed by atoms with Crippen LogP contribution in [0.3, 0.4) is 0 Å². The molecule has 1 nitrogen and oxygen atoms in total. The average molecular weight is 384 g/mol. The molecule has 0 aliphatic carbocycles. The Hall–Kier alpha value is -1.41. The van der Waals surface area contributed by atoms with Crippen LogP contribution in [0.1, 0.15) is 25.0 Å². The van der Waals surface area contributed by atoms with Gasteiger partial charge in [-0.15, -0.1) is 0 Å². The van der Waals surface area contributed by atoms with Gasteiger partial charge in [-0.25, -0.2) is 0 Å². The van der Waals surface area contributed by atoms with Gasteiger partial charge in [-0.05, 0) is 0 Å². The minimum absolute atomic E-state index is 0.419. The minimum atomic E-state index is 0.419. The summed E-state index contributed by atoms with van der Waals surface area (Å²) in [4.78, 5) is 7.08. The predicted molar refractivity (Wildman–Crippen MR) is 103 cm³/mol. The molecule has 0 radical (unpaired) electrons. The Bertz CT molecular complexity index is 993. The first-order valence-corrected chi connectivity index (χ1v) is 10.6. The summed E-state index contributed by atoms with van der Waals surface area (Å²) in [5.74, 6) is 0.677. The number of hydrogen-bond donors (Lipinski definition) is 0. The van der Waals surface area contributed by atoms with Crippen molar-refractivity contribution in [3.63, 3.8) is 0 Å². The molecule has 0 fully saturated rings. The van der Waals surface area contributed by atoms with Crippen LogP contribution < -0.4 is 0 Å². The fourth-order valence-corrected chi connectivity index (χ4v) is 6.47. The van der Waals surface area contributed by atoms with Crippen molar-refractivity contribution in [1.29, 1.82) is 0 Å². The second-order valence-corrected chi connectivity index (χ2v) is 9.45. The predicted octanol–water partition coefficient (Wildman–Crippen LogP) is 5.68. The Balaban J connectivity index is 2.01. The van der Waals surface area contributed by atoms with Crippen molar-refractivity contribution in [2.45, 2.75) is 27.2 Å². The third-order valence-electron chi connectivity index (χ3n) is 4.09. The molecular weight excluding hydrogens is 365 g/mol. The quantitative estimate of drug-likeness (QED) is 0.414. The van der Waals surface area contributed by atoms with Crippen molar-refractivity contribution in [2.75, 3.05) is 0 Å². The molecule has 0 atom stereocenters. The van der Waals surface area contributed by atoms with E-state index in [4.69, 9.17) is 4.98 Å². The molecule has 3 heteroatoms. The molecule has 116 valence electrons. The van der Waals surface area contributed by atoms with Gasteiger partial charge < -0.3 is 0 Å². The summed E-state index contributed by atoms with van der Waals surface area (Å²) < 4.78 is 4.22. The van der Waals surface area contributed by atoms with Crippen LogP contribution in [0, 0.1) is 12.8 Å². The number of fused-ring (bicyclic) bond motifs is 3. The van der Waals surface area contributed by atoms with Crippen LogP contribution in [0.15, 0.2) is 41.5 Å². The van der Waals surface area contributed by atoms with Gasteiger partial charge in [0.1, 0.15) is 0 Å². The van der Waals surface area contributed by atoms with E-state index < -0.39 is 0 Å². The molecule has 0 aliphatic heterocycles. The van der Waals surface area contributed by atoms with Gasteiger partial charge in [-0.2, -0.15) is 0 Å². The number of aryl methyl sites for hydroxylation is 1. The van der Waals surface area contributed by atoms with Gasteiger partial charge >= 0.3 is 147 Å². The SMILES string of the molecule is Cc1c[se]c(-c2nccc3c2sc2c(CC(C)C)cccc23)c1. The molecule has 3 heterocycles. The third kappa shape index (κ3) is 2.67. The van der Waals surface area contributed by atoms with Crippen LogP contribution >= 0.6 is 11.3 Å². The normalized spacial score (nSPS) is 11.8. The first kappa shape index (κ1) is 15.1. The van der Waals surface area contributed by atoms with Crippen LogP contribution in [0.2, 0.25) is 0 Å². The van der Waals surface area contributed by atoms with E-state index in [1.54, 1.807) is 0 Å². The topological polar surface area (TPSA) is 12.9 Å². The zero-order valence-corrected chi connectivity index (χ0v) is 16.1. The Morgan fingerprint density at radius 2 is 1.96 bits per heavy atom. The zero-order chi connectivity index (χ0) is 16.0. The van der Waals surface area contributed by atoms with E-state index >= 15 is 0 Å². The molecule has 0 saturated heterocycles. The molecule has 0 N–H and O–H groups in total. The van der Waals surface area contributed by atoms with Crippen molar-refractivity contribution in [1.82, 2.24) is 4.98 Å². The molecule has 4 rings (SSSR count). The van der Waals surface area contributed by atoms with Crippen LogP contribution in [-0.4, -0.2) is 19.5 Å². The van der Waals surface area contributed by atoms with E-state index in [9.17, 15) is 0 Å². The number of rotatable bonds is 3. The molecule has 0 amide bonds. The Morgan fingerprint density at radius 3 is 2.70 bits per heavy atom. The Morgan fingerprint density at radius 1 is 1.13 bits per heavy atom. The fraction of sp³-hybridized carbons (Fsp3) is 0.250. The van der Waals surface area contributed by atoms with E-state index in [0.29, 0.717) is 20.4 Å². The standard InChI is InChI=1S/C20H19NSSe/c1-12(2)9-14-5-4-6-15-16-7-8-21-18(20(16)22-19(14)15)17-10-13(3)11-23-17/h4-8,10-12H,9H2,1-3H3. The maximum absolute atomic E-state index is 4.73. The average Bonchev–Trinajstić information content (AvgIpc) is 3.11. The van der Waals surface area contributed by atoms with Gasteiger partial charge in [0.15, 0.2) is 0 Å². The van der Waals surface area contributed by atoms with Crippen molar-refractivity contribution in [3.05, 3.63) is 52.6 Å². The van der Waals surface area contributed by atoms with Gasteiger partial charge in [0.2, 0.25) is 0 Å². The molecule has 23 heavy (non-hydrogen) atoms. The molecule has 0 spiro atoms. The van der Waals surface area contributed by atoms with Gasteiger partial charge in [0.25, 0.3) is 0 Å². The van der Waals surface area contributed by atoms with Crippen molar-refractivity contribution in [3.8, 4) is 10.1 Å². The van der Waals surface area contributed by atoms with Crippen LogP contribution in [0.5, 0.6) is 0 Å². The van der Waals surface area contributed by atoms with E-state index in [-0.39, 0.29) is 0 Å². The van der Waals surface area contributed by atoms with Crippen LogP contribution in [0.25, 0.3) is 30.3 Å². The van der Waals surface area contributed by atoms with E-state index in [1.807, 2.05) is 17.5 Å². The number of aromatic nitrogens is 1. The molecule has 0 bridgehead atoms. The molecule has 4 aromatic rings. The third-order valence-corrected chi connectivity index (χ3v) is 7.60. The molecule has 1 aromatic carbocycles. The van der Waals surface area contributed by atoms with Crippen molar-refractivity contribution >= 4 is 46.0 Å². The van der Waals surface area contributed by atoms with E-state index in [2.05, 4.69) is 56.0 Å². The van der Waals surface area contributed by atoms with Gasteiger partial charge in [0, 0.05) is 0 Å². The number of hydrogen-bond acceptors (Lipinski definition) is 2. The van der Waals surface area contributed by atoms with Crippen molar-refractivity contribution in [2.24, 2.45) is 5.92 Å². The van der Waals surface area contributed by atoms with Gasteiger partial charge in [-0.1, -0.05) is 0 Å². The summed E-state index contributed by atoms with van der Waals surface area (Å²) in [5.41, 5.74) is 4.05. The van der Waals surface area contributed by atoms with Crippen LogP contribution in [0.4, 0.5) is 0 Å². The fourth-order valence-electron chi connectivity index (χ4n) is 3.11. The first-order chi connectivity index (χ1) is 11.1. The molecular formula is C20H19NSSe. The summed E-state index contributed by atoms with van der Waals surface area (Å²) in [5, 5.41) is 2.75. The molecule has 0 aliphatic rings. The number of benzene rings is 1. The summed E-state index contributed by atoms with van der Waals surface area (Å²) in [6.45, 7) is 6.76. The Kier molecular flexibility index (Phi) is 3.88. The van der Waals surface area contributed by atoms with Crippen LogP contribution in [-0.2, 0) is 6.42 Å². The van der Waals surface area contributed by atoms with E-state index in [1.165, 1.54) is 41.4 Å². The second kappa shape index (κ2) is 5.90. The molecule has 0 saturated carbocycles. The van der Waals surface area contributed by atoms with Crippen molar-refractivity contribution < 1.29 is 0 Å². The summed E-state index contributed by atoms with van der Waals surface area (Å²) in [6.07, 6.45) is 3.11. The summed E-state index contributed by atoms with van der Waals surface area (Å²) in [6, 6.07) is 11.2. The second-order valence-electron chi connectivity index (χ2n) is 6.52. The van der Waals surface area contributed by atoms with Gasteiger partial charge in [-0.3, -0.25) is 0 Å². The maximum atomic E-state index is 4.73. The summed E-state index contributed by atoms with van der Waals surface area (Å²) in [7, 11) is 0. The van der Waals surface area contributed by atoms with E-state index in [0.717, 1.165) is 6.42 Å². The zero-order valence-electron chi connectivity index (χ0n) is 13.6. The molecule has 3 aromatic heterocycles. The number of thiophene rings is 1.